The van der Waals surface area contributed by atoms with E-state index in [9.17, 15) is 13.2 Å². The van der Waals surface area contributed by atoms with E-state index in [4.69, 9.17) is 11.6 Å². The van der Waals surface area contributed by atoms with E-state index in [1.807, 2.05) is 30.5 Å². The molecule has 0 unspecified atom stereocenters. The molecule has 0 bridgehead atoms. The first-order chi connectivity index (χ1) is 18.2. The number of rotatable bonds is 7. The number of carbonyl (C=O) groups excluding carboxylic acids is 1. The smallest absolute Gasteiger partial charge is 0.259 e. The maximum Gasteiger partial charge on any atom is 0.259 e. The van der Waals surface area contributed by atoms with Crippen LogP contribution in [-0.2, 0) is 21.4 Å². The quantitative estimate of drug-likeness (QED) is 0.451. The highest BCUT2D eigenvalue weighted by molar-refractivity contribution is 7.89. The van der Waals surface area contributed by atoms with Crippen molar-refractivity contribution in [1.82, 2.24) is 24.1 Å². The number of hydrogen-bond acceptors (Lipinski definition) is 6. The molecular weight excluding hydrogens is 524 g/mol. The summed E-state index contributed by atoms with van der Waals surface area (Å²) in [5.74, 6) is -0.217. The molecule has 2 aliphatic heterocycles. The molecule has 1 aromatic heterocycles. The zero-order valence-corrected chi connectivity index (χ0v) is 23.2. The van der Waals surface area contributed by atoms with Gasteiger partial charge in [-0.05, 0) is 56.3 Å². The molecule has 9 nitrogen and oxygen atoms in total. The minimum atomic E-state index is -3.83. The molecule has 202 valence electrons. The number of nitrogens with one attached hydrogen (secondary N) is 1. The van der Waals surface area contributed by atoms with Gasteiger partial charge < -0.3 is 14.8 Å². The van der Waals surface area contributed by atoms with Crippen molar-refractivity contribution in [2.45, 2.75) is 30.5 Å². The van der Waals surface area contributed by atoms with E-state index >= 15 is 0 Å². The summed E-state index contributed by atoms with van der Waals surface area (Å²) in [6.45, 7) is 2.72. The Hall–Kier alpha value is -2.92. The highest BCUT2D eigenvalue weighted by Crippen LogP contribution is 2.25. The second kappa shape index (κ2) is 11.1. The van der Waals surface area contributed by atoms with Crippen LogP contribution in [0, 0.1) is 0 Å². The number of halogens is 1. The number of amides is 1. The zero-order valence-electron chi connectivity index (χ0n) is 21.7. The Morgan fingerprint density at radius 2 is 1.79 bits per heavy atom. The molecule has 0 saturated carbocycles. The molecule has 0 atom stereocenters. The average molecular weight is 557 g/mol. The van der Waals surface area contributed by atoms with Crippen molar-refractivity contribution in [2.24, 2.45) is 5.10 Å². The number of aromatic nitrogens is 1. The summed E-state index contributed by atoms with van der Waals surface area (Å²) in [7, 11) is 0.426. The van der Waals surface area contributed by atoms with Crippen LogP contribution in [0.2, 0.25) is 5.02 Å². The summed E-state index contributed by atoms with van der Waals surface area (Å²) in [5, 5.41) is 8.09. The number of piperidine rings is 1. The van der Waals surface area contributed by atoms with E-state index in [1.165, 1.54) is 4.31 Å². The van der Waals surface area contributed by atoms with Gasteiger partial charge in [0.15, 0.2) is 0 Å². The Labute approximate surface area is 228 Å². The van der Waals surface area contributed by atoms with Crippen molar-refractivity contribution in [3.63, 3.8) is 0 Å². The Bertz CT molecular complexity index is 1430. The van der Waals surface area contributed by atoms with Crippen LogP contribution in [0.1, 0.15) is 24.0 Å². The minimum Gasteiger partial charge on any atom is -0.344 e. The van der Waals surface area contributed by atoms with Gasteiger partial charge in [0.05, 0.1) is 12.8 Å². The fraction of sp³-hybridized carbons (Fsp3) is 0.407. The Morgan fingerprint density at radius 3 is 2.47 bits per heavy atom. The summed E-state index contributed by atoms with van der Waals surface area (Å²) >= 11 is 6.02. The van der Waals surface area contributed by atoms with Crippen LogP contribution < -0.4 is 0 Å². The van der Waals surface area contributed by atoms with Gasteiger partial charge in [-0.2, -0.15) is 9.41 Å². The van der Waals surface area contributed by atoms with Crippen molar-refractivity contribution in [1.29, 1.82) is 0 Å². The fourth-order valence-corrected chi connectivity index (χ4v) is 6.54. The van der Waals surface area contributed by atoms with Gasteiger partial charge in [-0.1, -0.05) is 41.9 Å². The number of hydrogen-bond donors (Lipinski definition) is 1. The van der Waals surface area contributed by atoms with Crippen LogP contribution in [0.5, 0.6) is 0 Å². The standard InChI is InChI=1S/C27H33ClN6O3S/c1-31(2)24-9-11-33(12-10-24)29-17-20-3-5-21(6-4-20)18-32-13-14-34(19-27(32)35)38(36,37)26-15-22-7-8-23(28)16-25(22)30-26/h3-8,15-17,24,30H,9-14,18-19H2,1-2H3. The third-order valence-electron chi connectivity index (χ3n) is 7.36. The van der Waals surface area contributed by atoms with Gasteiger partial charge in [0.2, 0.25) is 5.91 Å². The summed E-state index contributed by atoms with van der Waals surface area (Å²) in [6, 6.07) is 15.3. The third kappa shape index (κ3) is 5.88. The van der Waals surface area contributed by atoms with E-state index in [-0.39, 0.29) is 24.0 Å². The molecule has 3 aromatic rings. The lowest BCUT2D eigenvalue weighted by Crippen LogP contribution is -2.51. The molecule has 0 spiro atoms. The number of benzene rings is 2. The molecule has 1 amide bonds. The van der Waals surface area contributed by atoms with E-state index in [2.05, 4.69) is 34.1 Å². The molecule has 2 fully saturated rings. The van der Waals surface area contributed by atoms with Crippen molar-refractivity contribution in [3.8, 4) is 0 Å². The predicted octanol–water partition coefficient (Wildman–Crippen LogP) is 3.21. The molecule has 0 radical (unpaired) electrons. The molecule has 2 saturated heterocycles. The van der Waals surface area contributed by atoms with E-state index in [0.717, 1.165) is 42.4 Å². The Kier molecular flexibility index (Phi) is 7.76. The molecular formula is C27H33ClN6O3S. The number of piperazine rings is 1. The van der Waals surface area contributed by atoms with Gasteiger partial charge in [-0.25, -0.2) is 8.42 Å². The van der Waals surface area contributed by atoms with Crippen LogP contribution >= 0.6 is 11.6 Å². The Morgan fingerprint density at radius 1 is 1.05 bits per heavy atom. The first-order valence-corrected chi connectivity index (χ1v) is 14.6. The van der Waals surface area contributed by atoms with Gasteiger partial charge in [0.1, 0.15) is 5.03 Å². The summed E-state index contributed by atoms with van der Waals surface area (Å²) < 4.78 is 27.6. The molecule has 2 aliphatic rings. The van der Waals surface area contributed by atoms with Crippen molar-refractivity contribution < 1.29 is 13.2 Å². The molecule has 38 heavy (non-hydrogen) atoms. The second-order valence-corrected chi connectivity index (χ2v) is 12.5. The maximum absolute atomic E-state index is 13.2. The third-order valence-corrected chi connectivity index (χ3v) is 9.36. The normalized spacial score (nSPS) is 18.4. The van der Waals surface area contributed by atoms with E-state index in [1.54, 1.807) is 29.2 Å². The maximum atomic E-state index is 13.2. The van der Waals surface area contributed by atoms with Crippen LogP contribution in [0.3, 0.4) is 0 Å². The number of aromatic amines is 1. The van der Waals surface area contributed by atoms with Crippen LogP contribution in [-0.4, -0.2) is 97.5 Å². The van der Waals surface area contributed by atoms with Crippen molar-refractivity contribution in [3.05, 3.63) is 64.7 Å². The topological polar surface area (TPSA) is 92.3 Å². The van der Waals surface area contributed by atoms with E-state index < -0.39 is 10.0 Å². The second-order valence-electron chi connectivity index (χ2n) is 10.2. The van der Waals surface area contributed by atoms with E-state index in [0.29, 0.717) is 29.7 Å². The molecule has 5 rings (SSSR count). The Balaban J connectivity index is 1.16. The monoisotopic (exact) mass is 556 g/mol. The van der Waals surface area contributed by atoms with Gasteiger partial charge in [0, 0.05) is 54.7 Å². The van der Waals surface area contributed by atoms with Gasteiger partial charge >= 0.3 is 0 Å². The van der Waals surface area contributed by atoms with Crippen molar-refractivity contribution >= 4 is 44.6 Å². The number of H-pyrrole nitrogens is 1. The van der Waals surface area contributed by atoms with Crippen LogP contribution in [0.4, 0.5) is 0 Å². The van der Waals surface area contributed by atoms with Crippen LogP contribution in [0.25, 0.3) is 10.9 Å². The van der Waals surface area contributed by atoms with Gasteiger partial charge in [-0.3, -0.25) is 9.80 Å². The molecule has 2 aromatic carbocycles. The first-order valence-electron chi connectivity index (χ1n) is 12.8. The average Bonchev–Trinajstić information content (AvgIpc) is 3.34. The van der Waals surface area contributed by atoms with Crippen molar-refractivity contribution in [2.75, 3.05) is 46.8 Å². The summed E-state index contributed by atoms with van der Waals surface area (Å²) in [5.41, 5.74) is 2.64. The zero-order chi connectivity index (χ0) is 26.9. The minimum absolute atomic E-state index is 0.0651. The highest BCUT2D eigenvalue weighted by atomic mass is 35.5. The number of hydrazone groups is 1. The summed E-state index contributed by atoms with van der Waals surface area (Å²) in [6.07, 6.45) is 4.11. The lowest BCUT2D eigenvalue weighted by molar-refractivity contribution is -0.134. The van der Waals surface area contributed by atoms with Gasteiger partial charge in [-0.15, -0.1) is 0 Å². The lowest BCUT2D eigenvalue weighted by Gasteiger charge is -2.33. The number of fused-ring (bicyclic) bond motifs is 1. The lowest BCUT2D eigenvalue weighted by atomic mass is 10.1. The van der Waals surface area contributed by atoms with Crippen LogP contribution in [0.15, 0.2) is 58.7 Å². The molecule has 1 N–H and O–H groups in total. The largest absolute Gasteiger partial charge is 0.344 e. The predicted molar refractivity (Wildman–Crippen MR) is 150 cm³/mol. The SMILES string of the molecule is CN(C)C1CCN(N=Cc2ccc(CN3CCN(S(=O)(=O)c4cc5ccc(Cl)cc5[nH]4)CC3=O)cc2)CC1. The number of nitrogens with zero attached hydrogens (tertiary/aromatic N) is 5. The molecule has 3 heterocycles. The number of carbonyl (C=O) groups is 1. The molecule has 0 aliphatic carbocycles. The highest BCUT2D eigenvalue weighted by Gasteiger charge is 2.33. The summed E-state index contributed by atoms with van der Waals surface area (Å²) in [4.78, 5) is 19.8. The molecule has 11 heteroatoms. The fourth-order valence-electron chi connectivity index (χ4n) is 4.97. The first kappa shape index (κ1) is 26.7. The number of sulfonamides is 1. The van der Waals surface area contributed by atoms with Gasteiger partial charge in [0.25, 0.3) is 10.0 Å².